The third-order valence-electron chi connectivity index (χ3n) is 4.53. The molecule has 0 aliphatic heterocycles. The van der Waals surface area contributed by atoms with Gasteiger partial charge in [0.2, 0.25) is 0 Å². The summed E-state index contributed by atoms with van der Waals surface area (Å²) < 4.78 is 73.4. The van der Waals surface area contributed by atoms with Gasteiger partial charge < -0.3 is 10.5 Å². The normalized spacial score (nSPS) is 13.3. The van der Waals surface area contributed by atoms with Gasteiger partial charge in [0, 0.05) is 11.8 Å². The molecule has 0 bridgehead atoms. The Morgan fingerprint density at radius 1 is 1.19 bits per heavy atom. The summed E-state index contributed by atoms with van der Waals surface area (Å²) >= 11 is 7.13. The highest BCUT2D eigenvalue weighted by atomic mass is 35.5. The molecule has 2 N–H and O–H groups in total. The molecule has 0 amide bonds. The second-order valence-electron chi connectivity index (χ2n) is 7.15. The minimum absolute atomic E-state index is 0.0249. The molecule has 2 aromatic carbocycles. The predicted molar refractivity (Wildman–Crippen MR) is 130 cm³/mol. The van der Waals surface area contributed by atoms with E-state index >= 15 is 0 Å². The Morgan fingerprint density at radius 2 is 1.89 bits per heavy atom. The van der Waals surface area contributed by atoms with Crippen LogP contribution in [0.5, 0.6) is 0 Å². The third kappa shape index (κ3) is 6.28. The van der Waals surface area contributed by atoms with Crippen LogP contribution in [0, 0.1) is 0 Å². The minimum Gasteiger partial charge on any atom is -0.461 e. The first-order chi connectivity index (χ1) is 16.8. The molecule has 0 saturated carbocycles. The standard InChI is InChI=1S/C22H18ClF3N4O4S2/c1-3-34-21(31)17(27)16(23)18(28-15-10-5-4-9-14(15)22(24,25)26)19-29-20(35-30-19)12-7-6-8-13(11-12)36(2,32)33/h4-11H,3,27H2,1-2H3. The van der Waals surface area contributed by atoms with Crippen molar-refractivity contribution in [2.45, 2.75) is 18.0 Å². The van der Waals surface area contributed by atoms with E-state index in [4.69, 9.17) is 22.1 Å². The average Bonchev–Trinajstić information content (AvgIpc) is 3.31. The van der Waals surface area contributed by atoms with Gasteiger partial charge >= 0.3 is 12.1 Å². The van der Waals surface area contributed by atoms with Gasteiger partial charge in [-0.05, 0) is 42.7 Å². The van der Waals surface area contributed by atoms with Gasteiger partial charge in [-0.3, -0.25) is 0 Å². The van der Waals surface area contributed by atoms with Gasteiger partial charge in [0.25, 0.3) is 0 Å². The molecule has 0 fully saturated rings. The molecule has 0 aliphatic rings. The molecule has 0 saturated heterocycles. The van der Waals surface area contributed by atoms with Gasteiger partial charge in [-0.25, -0.2) is 23.2 Å². The van der Waals surface area contributed by atoms with E-state index in [-0.39, 0.29) is 22.3 Å². The number of aliphatic imine (C=N–C) groups is 1. The number of alkyl halides is 3. The molecule has 0 radical (unpaired) electrons. The van der Waals surface area contributed by atoms with Crippen molar-refractivity contribution in [2.75, 3.05) is 12.9 Å². The first-order valence-corrected chi connectivity index (χ1v) is 13.1. The van der Waals surface area contributed by atoms with E-state index in [0.29, 0.717) is 5.56 Å². The summed E-state index contributed by atoms with van der Waals surface area (Å²) in [4.78, 5) is 20.5. The number of hydrogen-bond acceptors (Lipinski definition) is 9. The number of rotatable bonds is 7. The molecule has 190 valence electrons. The molecule has 0 unspecified atom stereocenters. The van der Waals surface area contributed by atoms with E-state index in [1.807, 2.05) is 0 Å². The van der Waals surface area contributed by atoms with Gasteiger partial charge in [-0.15, -0.1) is 0 Å². The first kappa shape index (κ1) is 27.3. The molecule has 8 nitrogen and oxygen atoms in total. The van der Waals surface area contributed by atoms with Gasteiger partial charge in [-0.1, -0.05) is 35.9 Å². The molecule has 0 spiro atoms. The van der Waals surface area contributed by atoms with Crippen molar-refractivity contribution in [3.63, 3.8) is 0 Å². The number of aromatic nitrogens is 2. The van der Waals surface area contributed by atoms with Crippen molar-refractivity contribution < 1.29 is 31.1 Å². The number of halogens is 4. The number of esters is 1. The second-order valence-corrected chi connectivity index (χ2v) is 10.3. The summed E-state index contributed by atoms with van der Waals surface area (Å²) in [7, 11) is -3.51. The number of ether oxygens (including phenoxy) is 1. The van der Waals surface area contributed by atoms with Crippen molar-refractivity contribution in [1.82, 2.24) is 9.36 Å². The molecule has 0 atom stereocenters. The van der Waals surface area contributed by atoms with Gasteiger partial charge in [-0.2, -0.15) is 17.5 Å². The van der Waals surface area contributed by atoms with Gasteiger partial charge in [0.05, 0.1) is 22.8 Å². The summed E-state index contributed by atoms with van der Waals surface area (Å²) in [5, 5.41) is -0.286. The lowest BCUT2D eigenvalue weighted by molar-refractivity contribution is -0.139. The average molecular weight is 559 g/mol. The molecule has 14 heteroatoms. The maximum atomic E-state index is 13.6. The summed E-state index contributed by atoms with van der Waals surface area (Å²) in [5.41, 5.74) is 3.62. The van der Waals surface area contributed by atoms with Crippen molar-refractivity contribution in [3.8, 4) is 10.6 Å². The molecular weight excluding hydrogens is 541 g/mol. The van der Waals surface area contributed by atoms with Crippen LogP contribution in [0.3, 0.4) is 0 Å². The highest BCUT2D eigenvalue weighted by Crippen LogP contribution is 2.37. The Hall–Kier alpha value is -3.29. The van der Waals surface area contributed by atoms with E-state index in [2.05, 4.69) is 14.3 Å². The zero-order chi connectivity index (χ0) is 26.7. The molecule has 0 aliphatic carbocycles. The zero-order valence-corrected chi connectivity index (χ0v) is 21.1. The number of para-hydroxylation sites is 1. The number of carbonyl (C=O) groups excluding carboxylic acids is 1. The third-order valence-corrected chi connectivity index (χ3v) is 6.79. The van der Waals surface area contributed by atoms with Crippen molar-refractivity contribution in [3.05, 3.63) is 70.6 Å². The zero-order valence-electron chi connectivity index (χ0n) is 18.7. The lowest BCUT2D eigenvalue weighted by Crippen LogP contribution is -2.20. The summed E-state index contributed by atoms with van der Waals surface area (Å²) in [5.74, 6) is -1.23. The molecular formula is C22H18ClF3N4O4S2. The minimum atomic E-state index is -4.74. The smallest absolute Gasteiger partial charge is 0.418 e. The summed E-state index contributed by atoms with van der Waals surface area (Å²) in [6, 6.07) is 10.3. The number of nitrogens with zero attached hydrogens (tertiary/aromatic N) is 3. The Labute approximate surface area is 213 Å². The molecule has 1 heterocycles. The predicted octanol–water partition coefficient (Wildman–Crippen LogP) is 4.72. The Morgan fingerprint density at radius 3 is 2.53 bits per heavy atom. The van der Waals surface area contributed by atoms with E-state index in [9.17, 15) is 26.4 Å². The maximum Gasteiger partial charge on any atom is 0.418 e. The van der Waals surface area contributed by atoms with Crippen LogP contribution in [0.15, 0.2) is 69.1 Å². The Kier molecular flexibility index (Phi) is 8.16. The van der Waals surface area contributed by atoms with Crippen LogP contribution in [-0.4, -0.2) is 42.3 Å². The van der Waals surface area contributed by atoms with E-state index in [1.54, 1.807) is 6.07 Å². The number of sulfone groups is 1. The fraction of sp³-hybridized carbons (Fsp3) is 0.182. The van der Waals surface area contributed by atoms with Crippen LogP contribution in [0.25, 0.3) is 10.6 Å². The Bertz CT molecular complexity index is 1470. The van der Waals surface area contributed by atoms with Crippen LogP contribution in [0.4, 0.5) is 18.9 Å². The highest BCUT2D eigenvalue weighted by molar-refractivity contribution is 7.90. The quantitative estimate of drug-likeness (QED) is 0.253. The van der Waals surface area contributed by atoms with Gasteiger partial charge in [0.1, 0.15) is 21.4 Å². The van der Waals surface area contributed by atoms with Crippen LogP contribution in [-0.2, 0) is 25.5 Å². The number of hydrogen-bond donors (Lipinski definition) is 1. The maximum absolute atomic E-state index is 13.6. The largest absolute Gasteiger partial charge is 0.461 e. The fourth-order valence-corrected chi connectivity index (χ4v) is 4.38. The molecule has 1 aromatic heterocycles. The first-order valence-electron chi connectivity index (χ1n) is 10.0. The summed E-state index contributed by atoms with van der Waals surface area (Å²) in [6.45, 7) is 1.51. The monoisotopic (exact) mass is 558 g/mol. The van der Waals surface area contributed by atoms with E-state index < -0.39 is 49.7 Å². The number of allylic oxidation sites excluding steroid dienone is 1. The van der Waals surface area contributed by atoms with Crippen LogP contribution in [0.2, 0.25) is 0 Å². The van der Waals surface area contributed by atoms with Crippen molar-refractivity contribution >= 4 is 50.3 Å². The SMILES string of the molecule is CCOC(=O)C(N)=C(Cl)C(=Nc1ccccc1C(F)(F)F)c1nsc(-c2cccc(S(C)(=O)=O)c2)n1. The molecule has 3 aromatic rings. The number of benzene rings is 2. The molecule has 36 heavy (non-hydrogen) atoms. The molecule has 3 rings (SSSR count). The second kappa shape index (κ2) is 10.8. The van der Waals surface area contributed by atoms with Crippen LogP contribution in [0.1, 0.15) is 18.3 Å². The van der Waals surface area contributed by atoms with E-state index in [0.717, 1.165) is 29.9 Å². The van der Waals surface area contributed by atoms with Crippen molar-refractivity contribution in [2.24, 2.45) is 10.7 Å². The summed E-state index contributed by atoms with van der Waals surface area (Å²) in [6.07, 6.45) is -3.69. The van der Waals surface area contributed by atoms with Crippen molar-refractivity contribution in [1.29, 1.82) is 0 Å². The van der Waals surface area contributed by atoms with Crippen LogP contribution < -0.4 is 5.73 Å². The lowest BCUT2D eigenvalue weighted by atomic mass is 10.1. The van der Waals surface area contributed by atoms with Crippen LogP contribution >= 0.6 is 23.1 Å². The highest BCUT2D eigenvalue weighted by Gasteiger charge is 2.34. The number of nitrogens with two attached hydrogens (primary N) is 1. The van der Waals surface area contributed by atoms with Gasteiger partial charge in [0.15, 0.2) is 15.7 Å². The number of carbonyl (C=O) groups is 1. The topological polar surface area (TPSA) is 125 Å². The van der Waals surface area contributed by atoms with E-state index in [1.165, 1.54) is 37.3 Å². The lowest BCUT2D eigenvalue weighted by Gasteiger charge is -2.11. The Balaban J connectivity index is 2.20. The fourth-order valence-electron chi connectivity index (χ4n) is 2.85.